The Kier molecular flexibility index (Phi) is 5.67. The minimum Gasteiger partial charge on any atom is -0.465 e. The Labute approximate surface area is 141 Å². The van der Waals surface area contributed by atoms with Gasteiger partial charge in [0.05, 0.1) is 22.6 Å². The minimum absolute atomic E-state index is 0.0349. The van der Waals surface area contributed by atoms with Crippen LogP contribution in [0.15, 0.2) is 23.1 Å². The first kappa shape index (κ1) is 18.2. The monoisotopic (exact) mass is 360 g/mol. The van der Waals surface area contributed by atoms with Crippen molar-refractivity contribution in [2.24, 2.45) is 5.41 Å². The van der Waals surface area contributed by atoms with Gasteiger partial charge in [0.2, 0.25) is 10.0 Å². The van der Waals surface area contributed by atoms with Crippen LogP contribution in [0.4, 0.5) is 0 Å². The van der Waals surface area contributed by atoms with Gasteiger partial charge in [-0.05, 0) is 49.5 Å². The zero-order chi connectivity index (χ0) is 17.1. The molecule has 2 rings (SSSR count). The number of halogens is 1. The van der Waals surface area contributed by atoms with Gasteiger partial charge in [-0.3, -0.25) is 0 Å². The van der Waals surface area contributed by atoms with E-state index in [2.05, 4.69) is 21.7 Å². The fourth-order valence-corrected chi connectivity index (χ4v) is 4.05. The molecule has 23 heavy (non-hydrogen) atoms. The lowest BCUT2D eigenvalue weighted by Gasteiger charge is -2.34. The van der Waals surface area contributed by atoms with Gasteiger partial charge in [-0.1, -0.05) is 18.5 Å². The molecule has 0 aromatic heterocycles. The summed E-state index contributed by atoms with van der Waals surface area (Å²) in [5.74, 6) is -0.603. The Morgan fingerprint density at radius 1 is 1.39 bits per heavy atom. The molecule has 1 fully saturated rings. The number of piperidine rings is 1. The molecular weight excluding hydrogens is 340 g/mol. The number of rotatable bonds is 5. The largest absolute Gasteiger partial charge is 0.465 e. The number of esters is 1. The summed E-state index contributed by atoms with van der Waals surface area (Å²) < 4.78 is 32.1. The summed E-state index contributed by atoms with van der Waals surface area (Å²) in [5.41, 5.74) is 0.0760. The van der Waals surface area contributed by atoms with Crippen LogP contribution in [0.25, 0.3) is 0 Å². The molecule has 0 spiro atoms. The fraction of sp³-hybridized carbons (Fsp3) is 0.533. The topological polar surface area (TPSA) is 84.5 Å². The molecule has 128 valence electrons. The molecule has 8 heteroatoms. The summed E-state index contributed by atoms with van der Waals surface area (Å²) in [5, 5.41) is 3.31. The van der Waals surface area contributed by atoms with Gasteiger partial charge in [0, 0.05) is 6.54 Å². The Morgan fingerprint density at radius 3 is 2.61 bits per heavy atom. The normalized spacial score (nSPS) is 17.7. The maximum absolute atomic E-state index is 12.4. The minimum atomic E-state index is -3.68. The lowest BCUT2D eigenvalue weighted by Crippen LogP contribution is -2.42. The summed E-state index contributed by atoms with van der Waals surface area (Å²) >= 11 is 5.98. The number of carbonyl (C=O) groups excluding carboxylic acids is 1. The Bertz CT molecular complexity index is 685. The van der Waals surface area contributed by atoms with Crippen LogP contribution in [0.5, 0.6) is 0 Å². The molecule has 0 saturated carbocycles. The summed E-state index contributed by atoms with van der Waals surface area (Å²) in [4.78, 5) is 11.5. The molecule has 1 heterocycles. The highest BCUT2D eigenvalue weighted by Gasteiger charge is 2.29. The second-order valence-corrected chi connectivity index (χ2v) is 8.19. The number of methoxy groups -OCH3 is 1. The van der Waals surface area contributed by atoms with E-state index >= 15 is 0 Å². The van der Waals surface area contributed by atoms with Crippen LogP contribution >= 0.6 is 11.6 Å². The second kappa shape index (κ2) is 7.17. The Balaban J connectivity index is 2.13. The van der Waals surface area contributed by atoms with E-state index in [1.54, 1.807) is 0 Å². The van der Waals surface area contributed by atoms with Crippen LogP contribution in [-0.2, 0) is 14.8 Å². The van der Waals surface area contributed by atoms with Crippen molar-refractivity contribution in [1.29, 1.82) is 0 Å². The summed E-state index contributed by atoms with van der Waals surface area (Å²) in [6, 6.07) is 3.97. The van der Waals surface area contributed by atoms with Crippen molar-refractivity contribution in [3.63, 3.8) is 0 Å². The van der Waals surface area contributed by atoms with Crippen LogP contribution < -0.4 is 10.0 Å². The number of hydrogen-bond donors (Lipinski definition) is 2. The SMILES string of the molecule is COC(=O)c1ccc(S(=O)(=O)NCC2(C)CCNCC2)cc1Cl. The first-order chi connectivity index (χ1) is 10.8. The van der Waals surface area contributed by atoms with Gasteiger partial charge in [0.1, 0.15) is 0 Å². The van der Waals surface area contributed by atoms with Crippen LogP contribution in [-0.4, -0.2) is 41.1 Å². The average molecular weight is 361 g/mol. The van der Waals surface area contributed by atoms with Crippen molar-refractivity contribution in [1.82, 2.24) is 10.0 Å². The van der Waals surface area contributed by atoms with Gasteiger partial charge in [-0.2, -0.15) is 0 Å². The van der Waals surface area contributed by atoms with Crippen LogP contribution in [0, 0.1) is 5.41 Å². The van der Waals surface area contributed by atoms with E-state index in [0.29, 0.717) is 6.54 Å². The smallest absolute Gasteiger partial charge is 0.339 e. The van der Waals surface area contributed by atoms with Gasteiger partial charge in [-0.15, -0.1) is 0 Å². The van der Waals surface area contributed by atoms with E-state index in [4.69, 9.17) is 11.6 Å². The summed E-state index contributed by atoms with van der Waals surface area (Å²) in [7, 11) is -2.44. The molecule has 1 saturated heterocycles. The first-order valence-corrected chi connectivity index (χ1v) is 9.22. The molecule has 0 atom stereocenters. The van der Waals surface area contributed by atoms with Crippen LogP contribution in [0.1, 0.15) is 30.1 Å². The van der Waals surface area contributed by atoms with Crippen molar-refractivity contribution >= 4 is 27.6 Å². The fourth-order valence-electron chi connectivity index (χ4n) is 2.50. The molecule has 1 aromatic rings. The van der Waals surface area contributed by atoms with Crippen molar-refractivity contribution in [3.05, 3.63) is 28.8 Å². The maximum Gasteiger partial charge on any atom is 0.339 e. The molecule has 0 bridgehead atoms. The number of benzene rings is 1. The standard InChI is InChI=1S/C15H21ClN2O4S/c1-15(5-7-17-8-6-15)10-18-23(20,21)11-3-4-12(13(16)9-11)14(19)22-2/h3-4,9,17-18H,5-8,10H2,1-2H3. The van der Waals surface area contributed by atoms with E-state index in [1.165, 1.54) is 25.3 Å². The van der Waals surface area contributed by atoms with E-state index in [-0.39, 0.29) is 20.9 Å². The number of nitrogens with one attached hydrogen (secondary N) is 2. The summed E-state index contributed by atoms with van der Waals surface area (Å²) in [6.07, 6.45) is 1.83. The molecule has 2 N–H and O–H groups in total. The lowest BCUT2D eigenvalue weighted by atomic mass is 9.81. The van der Waals surface area contributed by atoms with Gasteiger partial charge in [0.25, 0.3) is 0 Å². The zero-order valence-corrected chi connectivity index (χ0v) is 14.8. The average Bonchev–Trinajstić information content (AvgIpc) is 2.53. The third-order valence-electron chi connectivity index (χ3n) is 4.16. The molecule has 1 aromatic carbocycles. The maximum atomic E-state index is 12.4. The number of carbonyl (C=O) groups is 1. The predicted molar refractivity (Wildman–Crippen MR) is 88.2 cm³/mol. The third-order valence-corrected chi connectivity index (χ3v) is 5.87. The molecular formula is C15H21ClN2O4S. The Morgan fingerprint density at radius 2 is 2.04 bits per heavy atom. The molecule has 0 amide bonds. The summed E-state index contributed by atoms with van der Waals surface area (Å²) in [6.45, 7) is 4.22. The molecule has 0 radical (unpaired) electrons. The number of ether oxygens (including phenoxy) is 1. The molecule has 1 aliphatic heterocycles. The van der Waals surface area contributed by atoms with Gasteiger partial charge in [-0.25, -0.2) is 17.9 Å². The third kappa shape index (κ3) is 4.44. The van der Waals surface area contributed by atoms with Crippen LogP contribution in [0.2, 0.25) is 5.02 Å². The number of sulfonamides is 1. The lowest BCUT2D eigenvalue weighted by molar-refractivity contribution is 0.0601. The van der Waals surface area contributed by atoms with Crippen molar-refractivity contribution in [2.45, 2.75) is 24.7 Å². The molecule has 0 aliphatic carbocycles. The first-order valence-electron chi connectivity index (χ1n) is 7.36. The zero-order valence-electron chi connectivity index (χ0n) is 13.2. The van der Waals surface area contributed by atoms with E-state index < -0.39 is 16.0 Å². The van der Waals surface area contributed by atoms with Crippen LogP contribution in [0.3, 0.4) is 0 Å². The molecule has 6 nitrogen and oxygen atoms in total. The Hall–Kier alpha value is -1.15. The van der Waals surface area contributed by atoms with Gasteiger partial charge >= 0.3 is 5.97 Å². The second-order valence-electron chi connectivity index (χ2n) is 6.02. The van der Waals surface area contributed by atoms with Gasteiger partial charge < -0.3 is 10.1 Å². The van der Waals surface area contributed by atoms with E-state index in [0.717, 1.165) is 25.9 Å². The highest BCUT2D eigenvalue weighted by molar-refractivity contribution is 7.89. The molecule has 1 aliphatic rings. The van der Waals surface area contributed by atoms with Crippen molar-refractivity contribution < 1.29 is 17.9 Å². The van der Waals surface area contributed by atoms with Crippen molar-refractivity contribution in [2.75, 3.05) is 26.7 Å². The van der Waals surface area contributed by atoms with Crippen molar-refractivity contribution in [3.8, 4) is 0 Å². The highest BCUT2D eigenvalue weighted by Crippen LogP contribution is 2.28. The molecule has 0 unspecified atom stereocenters. The van der Waals surface area contributed by atoms with E-state index in [1.807, 2.05) is 0 Å². The highest BCUT2D eigenvalue weighted by atomic mass is 35.5. The van der Waals surface area contributed by atoms with E-state index in [9.17, 15) is 13.2 Å². The predicted octanol–water partition coefficient (Wildman–Crippen LogP) is 1.79. The van der Waals surface area contributed by atoms with Gasteiger partial charge in [0.15, 0.2) is 0 Å². The number of hydrogen-bond acceptors (Lipinski definition) is 5. The quantitative estimate of drug-likeness (QED) is 0.782.